The summed E-state index contributed by atoms with van der Waals surface area (Å²) in [6.45, 7) is 3.20. The summed E-state index contributed by atoms with van der Waals surface area (Å²) >= 11 is 7.67. The van der Waals surface area contributed by atoms with Gasteiger partial charge < -0.3 is 5.73 Å². The van der Waals surface area contributed by atoms with Crippen molar-refractivity contribution >= 4 is 23.4 Å². The normalized spacial score (nSPS) is 10.9. The topological polar surface area (TPSA) is 76.7 Å². The van der Waals surface area contributed by atoms with E-state index in [0.717, 1.165) is 23.3 Å². The van der Waals surface area contributed by atoms with Crippen LogP contribution in [0.25, 0.3) is 0 Å². The van der Waals surface area contributed by atoms with Crippen molar-refractivity contribution in [2.45, 2.75) is 36.4 Å². The Hall–Kier alpha value is -1.24. The molecule has 0 saturated heterocycles. The zero-order chi connectivity index (χ0) is 14.5. The van der Waals surface area contributed by atoms with Gasteiger partial charge in [-0.1, -0.05) is 30.7 Å². The number of benzene rings is 1. The molecule has 108 valence electrons. The van der Waals surface area contributed by atoms with Gasteiger partial charge in [0.25, 0.3) is 0 Å². The molecule has 0 bridgehead atoms. The highest BCUT2D eigenvalue weighted by Crippen LogP contribution is 2.34. The molecule has 20 heavy (non-hydrogen) atoms. The quantitative estimate of drug-likeness (QED) is 0.858. The lowest BCUT2D eigenvalue weighted by Gasteiger charge is -2.10. The van der Waals surface area contributed by atoms with E-state index in [1.165, 1.54) is 11.8 Å². The fourth-order valence-corrected chi connectivity index (χ4v) is 3.25. The van der Waals surface area contributed by atoms with Gasteiger partial charge in [0.05, 0.1) is 5.02 Å². The SMILES string of the molecule is CCCn1c(Sc2c(Cl)cccc2CCN)n[nH]c1=O. The zero-order valence-corrected chi connectivity index (χ0v) is 12.8. The lowest BCUT2D eigenvalue weighted by Crippen LogP contribution is -2.17. The van der Waals surface area contributed by atoms with E-state index in [4.69, 9.17) is 17.3 Å². The number of nitrogens with two attached hydrogens (primary N) is 1. The fraction of sp³-hybridized carbons (Fsp3) is 0.385. The van der Waals surface area contributed by atoms with Crippen molar-refractivity contribution in [1.29, 1.82) is 0 Å². The van der Waals surface area contributed by atoms with Gasteiger partial charge in [-0.25, -0.2) is 9.89 Å². The Morgan fingerprint density at radius 2 is 2.30 bits per heavy atom. The molecule has 0 unspecified atom stereocenters. The molecule has 0 radical (unpaired) electrons. The Balaban J connectivity index is 2.37. The molecular formula is C13H17ClN4OS. The third-order valence-corrected chi connectivity index (χ3v) is 4.43. The van der Waals surface area contributed by atoms with Crippen LogP contribution in [0.3, 0.4) is 0 Å². The second kappa shape index (κ2) is 6.97. The average molecular weight is 313 g/mol. The van der Waals surface area contributed by atoms with Gasteiger partial charge in [-0.3, -0.25) is 4.57 Å². The van der Waals surface area contributed by atoms with E-state index in [1.54, 1.807) is 4.57 Å². The highest BCUT2D eigenvalue weighted by molar-refractivity contribution is 7.99. The first-order chi connectivity index (χ1) is 9.67. The fourth-order valence-electron chi connectivity index (χ4n) is 1.91. The standard InChI is InChI=1S/C13H17ClN4OS/c1-2-8-18-12(19)16-17-13(18)20-11-9(6-7-15)4-3-5-10(11)14/h3-5H,2,6-8,15H2,1H3,(H,16,19). The largest absolute Gasteiger partial charge is 0.343 e. The number of hydrogen-bond acceptors (Lipinski definition) is 4. The van der Waals surface area contributed by atoms with Crippen molar-refractivity contribution < 1.29 is 0 Å². The first-order valence-corrected chi connectivity index (χ1v) is 7.67. The van der Waals surface area contributed by atoms with Gasteiger partial charge in [-0.15, -0.1) is 5.10 Å². The van der Waals surface area contributed by atoms with Crippen LogP contribution in [0.15, 0.2) is 33.0 Å². The highest BCUT2D eigenvalue weighted by Gasteiger charge is 2.14. The molecule has 1 aromatic carbocycles. The summed E-state index contributed by atoms with van der Waals surface area (Å²) in [6, 6.07) is 5.73. The molecular weight excluding hydrogens is 296 g/mol. The van der Waals surface area contributed by atoms with Gasteiger partial charge >= 0.3 is 5.69 Å². The molecule has 1 heterocycles. The number of nitrogens with one attached hydrogen (secondary N) is 1. The first-order valence-electron chi connectivity index (χ1n) is 6.47. The molecule has 0 spiro atoms. The number of hydrogen-bond donors (Lipinski definition) is 2. The molecule has 7 heteroatoms. The summed E-state index contributed by atoms with van der Waals surface area (Å²) in [7, 11) is 0. The second-order valence-corrected chi connectivity index (χ2v) is 5.72. The minimum atomic E-state index is -0.193. The molecule has 3 N–H and O–H groups in total. The van der Waals surface area contributed by atoms with Crippen molar-refractivity contribution in [2.75, 3.05) is 6.54 Å². The van der Waals surface area contributed by atoms with Crippen LogP contribution in [0.1, 0.15) is 18.9 Å². The van der Waals surface area contributed by atoms with Crippen molar-refractivity contribution in [2.24, 2.45) is 5.73 Å². The molecule has 0 atom stereocenters. The molecule has 0 aliphatic heterocycles. The predicted octanol–water partition coefficient (Wildman–Crippen LogP) is 2.29. The highest BCUT2D eigenvalue weighted by atomic mass is 35.5. The molecule has 0 aliphatic carbocycles. The number of aromatic nitrogens is 3. The summed E-state index contributed by atoms with van der Waals surface area (Å²) in [5.74, 6) is 0. The molecule has 2 rings (SSSR count). The number of halogens is 1. The van der Waals surface area contributed by atoms with E-state index in [2.05, 4.69) is 10.2 Å². The first kappa shape index (κ1) is 15.2. The van der Waals surface area contributed by atoms with Crippen molar-refractivity contribution in [3.05, 3.63) is 39.3 Å². The Kier molecular flexibility index (Phi) is 5.28. The van der Waals surface area contributed by atoms with Crippen LogP contribution in [0, 0.1) is 0 Å². The third-order valence-electron chi connectivity index (χ3n) is 2.83. The molecule has 2 aromatic rings. The molecule has 0 saturated carbocycles. The lowest BCUT2D eigenvalue weighted by molar-refractivity contribution is 0.604. The van der Waals surface area contributed by atoms with E-state index in [0.29, 0.717) is 23.3 Å². The maximum Gasteiger partial charge on any atom is 0.343 e. The molecule has 5 nitrogen and oxygen atoms in total. The van der Waals surface area contributed by atoms with E-state index in [1.807, 2.05) is 25.1 Å². The van der Waals surface area contributed by atoms with Gasteiger partial charge in [0, 0.05) is 11.4 Å². The number of H-pyrrole nitrogens is 1. The Labute approximate surface area is 126 Å². The molecule has 1 aromatic heterocycles. The van der Waals surface area contributed by atoms with Crippen molar-refractivity contribution in [1.82, 2.24) is 14.8 Å². The predicted molar refractivity (Wildman–Crippen MR) is 81.5 cm³/mol. The van der Waals surface area contributed by atoms with Crippen LogP contribution in [0.2, 0.25) is 5.02 Å². The minimum Gasteiger partial charge on any atom is -0.330 e. The third kappa shape index (κ3) is 3.26. The second-order valence-electron chi connectivity index (χ2n) is 4.33. The number of rotatable bonds is 6. The molecule has 0 amide bonds. The summed E-state index contributed by atoms with van der Waals surface area (Å²) < 4.78 is 1.63. The van der Waals surface area contributed by atoms with Gasteiger partial charge in [0.2, 0.25) is 0 Å². The van der Waals surface area contributed by atoms with Gasteiger partial charge in [-0.05, 0) is 42.8 Å². The van der Waals surface area contributed by atoms with E-state index in [9.17, 15) is 4.79 Å². The van der Waals surface area contributed by atoms with Crippen LogP contribution in [0.5, 0.6) is 0 Å². The average Bonchev–Trinajstić information content (AvgIpc) is 2.76. The zero-order valence-electron chi connectivity index (χ0n) is 11.2. The van der Waals surface area contributed by atoms with Crippen LogP contribution in [-0.2, 0) is 13.0 Å². The maximum absolute atomic E-state index is 11.7. The van der Waals surface area contributed by atoms with E-state index < -0.39 is 0 Å². The summed E-state index contributed by atoms with van der Waals surface area (Å²) in [6.07, 6.45) is 1.61. The summed E-state index contributed by atoms with van der Waals surface area (Å²) in [4.78, 5) is 12.6. The van der Waals surface area contributed by atoms with Gasteiger partial charge in [0.15, 0.2) is 5.16 Å². The van der Waals surface area contributed by atoms with Crippen LogP contribution in [0.4, 0.5) is 0 Å². The van der Waals surface area contributed by atoms with Gasteiger partial charge in [0.1, 0.15) is 0 Å². The van der Waals surface area contributed by atoms with Crippen LogP contribution in [-0.4, -0.2) is 21.3 Å². The number of nitrogens with zero attached hydrogens (tertiary/aromatic N) is 2. The van der Waals surface area contributed by atoms with Crippen LogP contribution < -0.4 is 11.4 Å². The lowest BCUT2D eigenvalue weighted by atomic mass is 10.1. The summed E-state index contributed by atoms with van der Waals surface area (Å²) in [5, 5.41) is 7.83. The Morgan fingerprint density at radius 1 is 1.50 bits per heavy atom. The maximum atomic E-state index is 11.7. The number of aromatic amines is 1. The summed E-state index contributed by atoms with van der Waals surface area (Å²) in [5.41, 5.74) is 6.51. The molecule has 0 aliphatic rings. The van der Waals surface area contributed by atoms with Crippen molar-refractivity contribution in [3.8, 4) is 0 Å². The Morgan fingerprint density at radius 3 is 3.00 bits per heavy atom. The Bertz CT molecular complexity index is 638. The van der Waals surface area contributed by atoms with Gasteiger partial charge in [-0.2, -0.15) is 0 Å². The smallest absolute Gasteiger partial charge is 0.330 e. The van der Waals surface area contributed by atoms with E-state index >= 15 is 0 Å². The molecule has 0 fully saturated rings. The minimum absolute atomic E-state index is 0.193. The monoisotopic (exact) mass is 312 g/mol. The van der Waals surface area contributed by atoms with Crippen molar-refractivity contribution in [3.63, 3.8) is 0 Å². The van der Waals surface area contributed by atoms with E-state index in [-0.39, 0.29) is 5.69 Å². The van der Waals surface area contributed by atoms with Crippen LogP contribution >= 0.6 is 23.4 Å².